The molecule has 1 saturated heterocycles. The average Bonchev–Trinajstić information content (AvgIpc) is 3.03. The molecule has 11 heteroatoms. The number of rotatable bonds is 19. The van der Waals surface area contributed by atoms with Crippen molar-refractivity contribution in [1.82, 2.24) is 4.90 Å². The van der Waals surface area contributed by atoms with Crippen molar-refractivity contribution in [2.75, 3.05) is 100.0 Å². The first kappa shape index (κ1) is 25.5. The number of hydrogen-bond acceptors (Lipinski definition) is 10. The molecule has 0 spiro atoms. The van der Waals surface area contributed by atoms with Crippen molar-refractivity contribution < 1.29 is 47.5 Å². The molecule has 1 aliphatic heterocycles. The molecule has 170 valence electrons. The first-order valence-corrected chi connectivity index (χ1v) is 9.58. The molecule has 0 radical (unpaired) electrons. The monoisotopic (exact) mass is 423 g/mol. The van der Waals surface area contributed by atoms with Gasteiger partial charge in [-0.15, -0.1) is 0 Å². The predicted octanol–water partition coefficient (Wildman–Crippen LogP) is -0.290. The molecule has 1 rings (SSSR count). The van der Waals surface area contributed by atoms with Gasteiger partial charge in [0.2, 0.25) is 0 Å². The highest BCUT2D eigenvalue weighted by atomic mass is 16.6. The molecular weight excluding hydrogens is 390 g/mol. The second kappa shape index (κ2) is 17.4. The summed E-state index contributed by atoms with van der Waals surface area (Å²) in [7, 11) is 3.25. The predicted molar refractivity (Wildman–Crippen MR) is 99.8 cm³/mol. The number of methoxy groups -OCH3 is 1. The van der Waals surface area contributed by atoms with Gasteiger partial charge < -0.3 is 42.8 Å². The van der Waals surface area contributed by atoms with E-state index in [0.29, 0.717) is 66.0 Å². The van der Waals surface area contributed by atoms with E-state index in [2.05, 4.69) is 0 Å². The van der Waals surface area contributed by atoms with Crippen molar-refractivity contribution >= 4 is 12.1 Å². The standard InChI is InChI=1S/C18H33NO10/c1-19-13-16(29-18(19)21)14-28-17(20)15-27-12-11-26-10-9-25-8-7-24-6-5-23-4-3-22-2/h16H,3-15H2,1-2H3/t16-/m0/s1. The van der Waals surface area contributed by atoms with Gasteiger partial charge in [0, 0.05) is 14.2 Å². The molecule has 1 amide bonds. The summed E-state index contributed by atoms with van der Waals surface area (Å²) in [5.41, 5.74) is 0. The van der Waals surface area contributed by atoms with E-state index in [1.165, 1.54) is 4.90 Å². The highest BCUT2D eigenvalue weighted by Gasteiger charge is 2.29. The summed E-state index contributed by atoms with van der Waals surface area (Å²) in [6.45, 7) is 4.90. The van der Waals surface area contributed by atoms with Gasteiger partial charge in [0.15, 0.2) is 6.10 Å². The summed E-state index contributed by atoms with van der Waals surface area (Å²) < 4.78 is 41.3. The van der Waals surface area contributed by atoms with Gasteiger partial charge in [-0.3, -0.25) is 0 Å². The van der Waals surface area contributed by atoms with Crippen LogP contribution in [0, 0.1) is 0 Å². The van der Waals surface area contributed by atoms with Crippen LogP contribution in [0.3, 0.4) is 0 Å². The minimum Gasteiger partial charge on any atom is -0.460 e. The van der Waals surface area contributed by atoms with E-state index in [1.54, 1.807) is 14.2 Å². The Balaban J connectivity index is 1.75. The zero-order valence-electron chi connectivity index (χ0n) is 17.3. The first-order chi connectivity index (χ1) is 14.1. The number of cyclic esters (lactones) is 1. The van der Waals surface area contributed by atoms with Crippen LogP contribution in [0.25, 0.3) is 0 Å². The molecule has 0 aliphatic carbocycles. The van der Waals surface area contributed by atoms with Crippen LogP contribution in [-0.4, -0.2) is 123 Å². The van der Waals surface area contributed by atoms with E-state index in [9.17, 15) is 9.59 Å². The minimum absolute atomic E-state index is 0.0245. The van der Waals surface area contributed by atoms with Crippen molar-refractivity contribution in [2.24, 2.45) is 0 Å². The normalized spacial score (nSPS) is 16.3. The maximum atomic E-state index is 11.5. The Morgan fingerprint density at radius 2 is 1.38 bits per heavy atom. The molecule has 1 heterocycles. The van der Waals surface area contributed by atoms with E-state index >= 15 is 0 Å². The molecule has 11 nitrogen and oxygen atoms in total. The Kier molecular flexibility index (Phi) is 15.3. The van der Waals surface area contributed by atoms with Gasteiger partial charge in [0.25, 0.3) is 0 Å². The summed E-state index contributed by atoms with van der Waals surface area (Å²) in [4.78, 5) is 24.1. The fourth-order valence-electron chi connectivity index (χ4n) is 2.14. The van der Waals surface area contributed by atoms with Crippen LogP contribution in [-0.2, 0) is 42.7 Å². The van der Waals surface area contributed by atoms with Gasteiger partial charge in [0.1, 0.15) is 13.2 Å². The minimum atomic E-state index is -0.511. The Morgan fingerprint density at radius 1 is 0.897 bits per heavy atom. The van der Waals surface area contributed by atoms with Gasteiger partial charge >= 0.3 is 12.1 Å². The fourth-order valence-corrected chi connectivity index (χ4v) is 2.14. The fraction of sp³-hybridized carbons (Fsp3) is 0.889. The lowest BCUT2D eigenvalue weighted by Crippen LogP contribution is -2.25. The number of hydrogen-bond donors (Lipinski definition) is 0. The van der Waals surface area contributed by atoms with E-state index in [0.717, 1.165) is 0 Å². The van der Waals surface area contributed by atoms with E-state index < -0.39 is 18.2 Å². The number of esters is 1. The lowest BCUT2D eigenvalue weighted by atomic mass is 10.4. The summed E-state index contributed by atoms with van der Waals surface area (Å²) >= 11 is 0. The van der Waals surface area contributed by atoms with Gasteiger partial charge in [-0.1, -0.05) is 0 Å². The zero-order chi connectivity index (χ0) is 21.2. The van der Waals surface area contributed by atoms with Gasteiger partial charge in [-0.25, -0.2) is 9.59 Å². The highest BCUT2D eigenvalue weighted by molar-refractivity contribution is 5.71. The van der Waals surface area contributed by atoms with E-state index in [1.807, 2.05) is 0 Å². The van der Waals surface area contributed by atoms with Crippen molar-refractivity contribution in [1.29, 1.82) is 0 Å². The van der Waals surface area contributed by atoms with Crippen LogP contribution in [0.4, 0.5) is 4.79 Å². The number of carbonyl (C=O) groups is 2. The smallest absolute Gasteiger partial charge is 0.410 e. The van der Waals surface area contributed by atoms with Gasteiger partial charge in [0.05, 0.1) is 72.6 Å². The van der Waals surface area contributed by atoms with E-state index in [4.69, 9.17) is 37.9 Å². The van der Waals surface area contributed by atoms with Crippen molar-refractivity contribution in [3.05, 3.63) is 0 Å². The molecule has 1 aliphatic rings. The summed E-state index contributed by atoms with van der Waals surface area (Å²) in [6, 6.07) is 0. The maximum Gasteiger partial charge on any atom is 0.410 e. The van der Waals surface area contributed by atoms with Crippen LogP contribution in [0.15, 0.2) is 0 Å². The second-order valence-corrected chi connectivity index (χ2v) is 6.06. The van der Waals surface area contributed by atoms with Crippen LogP contribution in [0.5, 0.6) is 0 Å². The molecule has 0 N–H and O–H groups in total. The molecule has 0 unspecified atom stereocenters. The van der Waals surface area contributed by atoms with Crippen LogP contribution in [0.1, 0.15) is 0 Å². The largest absolute Gasteiger partial charge is 0.460 e. The quantitative estimate of drug-likeness (QED) is 0.203. The Labute approximate surface area is 171 Å². The third-order valence-corrected chi connectivity index (χ3v) is 3.63. The zero-order valence-corrected chi connectivity index (χ0v) is 17.3. The molecule has 0 aromatic rings. The number of amides is 1. The lowest BCUT2D eigenvalue weighted by Gasteiger charge is -2.10. The van der Waals surface area contributed by atoms with Crippen molar-refractivity contribution in [3.63, 3.8) is 0 Å². The number of nitrogens with zero attached hydrogens (tertiary/aromatic N) is 1. The Bertz CT molecular complexity index is 437. The van der Waals surface area contributed by atoms with Crippen LogP contribution in [0.2, 0.25) is 0 Å². The molecule has 29 heavy (non-hydrogen) atoms. The van der Waals surface area contributed by atoms with Gasteiger partial charge in [-0.2, -0.15) is 0 Å². The van der Waals surface area contributed by atoms with Crippen LogP contribution >= 0.6 is 0 Å². The molecule has 1 atom stereocenters. The molecule has 0 aromatic carbocycles. The summed E-state index contributed by atoms with van der Waals surface area (Å²) in [5, 5.41) is 0. The lowest BCUT2D eigenvalue weighted by molar-refractivity contribution is -0.151. The van der Waals surface area contributed by atoms with Gasteiger partial charge in [-0.05, 0) is 0 Å². The SMILES string of the molecule is COCCOCCOCCOCCOCCOCC(=O)OC[C@@H]1CN(C)C(=O)O1. The van der Waals surface area contributed by atoms with Crippen molar-refractivity contribution in [2.45, 2.75) is 6.10 Å². The maximum absolute atomic E-state index is 11.5. The molecular formula is C18H33NO10. The molecule has 0 aromatic heterocycles. The highest BCUT2D eigenvalue weighted by Crippen LogP contribution is 2.08. The molecule has 1 fully saturated rings. The number of ether oxygens (including phenoxy) is 8. The van der Waals surface area contributed by atoms with Crippen LogP contribution < -0.4 is 0 Å². The summed E-state index contributed by atoms with van der Waals surface area (Å²) in [5.74, 6) is -0.511. The Hall–Kier alpha value is -1.50. The molecule has 0 bridgehead atoms. The number of likely N-dealkylation sites (N-methyl/N-ethyl adjacent to an activating group) is 1. The third kappa shape index (κ3) is 14.2. The Morgan fingerprint density at radius 3 is 1.83 bits per heavy atom. The molecule has 0 saturated carbocycles. The van der Waals surface area contributed by atoms with E-state index in [-0.39, 0.29) is 19.8 Å². The average molecular weight is 423 g/mol. The van der Waals surface area contributed by atoms with Crippen molar-refractivity contribution in [3.8, 4) is 0 Å². The number of carbonyl (C=O) groups excluding carboxylic acids is 2. The first-order valence-electron chi connectivity index (χ1n) is 9.58. The second-order valence-electron chi connectivity index (χ2n) is 6.06. The third-order valence-electron chi connectivity index (χ3n) is 3.63. The summed E-state index contributed by atoms with van der Waals surface area (Å²) in [6.07, 6.45) is -0.848. The topological polar surface area (TPSA) is 111 Å².